The molecule has 0 bridgehead atoms. The predicted molar refractivity (Wildman–Crippen MR) is 71.9 cm³/mol. The van der Waals surface area contributed by atoms with Crippen LogP contribution in [0.1, 0.15) is 5.56 Å². The summed E-state index contributed by atoms with van der Waals surface area (Å²) in [5, 5.41) is 3.11. The van der Waals surface area contributed by atoms with Crippen LogP contribution in [-0.2, 0) is 6.18 Å². The first-order valence-corrected chi connectivity index (χ1v) is 6.15. The van der Waals surface area contributed by atoms with Gasteiger partial charge in [-0.05, 0) is 30.3 Å². The van der Waals surface area contributed by atoms with E-state index in [0.717, 1.165) is 17.8 Å². The highest BCUT2D eigenvalue weighted by atomic mass is 19.4. The van der Waals surface area contributed by atoms with Crippen LogP contribution >= 0.6 is 0 Å². The molecule has 106 valence electrons. The van der Waals surface area contributed by atoms with E-state index < -0.39 is 11.7 Å². The second-order valence-corrected chi connectivity index (χ2v) is 4.17. The van der Waals surface area contributed by atoms with Crippen LogP contribution in [0.3, 0.4) is 0 Å². The molecule has 0 saturated carbocycles. The predicted octanol–water partition coefficient (Wildman–Crippen LogP) is 4.20. The highest BCUT2D eigenvalue weighted by Gasteiger charge is 2.30. The Morgan fingerprint density at radius 2 is 1.70 bits per heavy atom. The van der Waals surface area contributed by atoms with Crippen molar-refractivity contribution in [1.29, 1.82) is 0 Å². The van der Waals surface area contributed by atoms with Crippen LogP contribution in [0.25, 0.3) is 0 Å². The van der Waals surface area contributed by atoms with Gasteiger partial charge in [-0.2, -0.15) is 13.2 Å². The van der Waals surface area contributed by atoms with E-state index in [9.17, 15) is 13.2 Å². The Bertz CT molecular complexity index is 540. The zero-order valence-corrected chi connectivity index (χ0v) is 10.7. The summed E-state index contributed by atoms with van der Waals surface area (Å²) >= 11 is 0. The van der Waals surface area contributed by atoms with Crippen molar-refractivity contribution in [3.05, 3.63) is 60.2 Å². The lowest BCUT2D eigenvalue weighted by Gasteiger charge is -2.11. The van der Waals surface area contributed by atoms with Gasteiger partial charge < -0.3 is 10.1 Å². The highest BCUT2D eigenvalue weighted by molar-refractivity contribution is 5.42. The molecule has 5 heteroatoms. The van der Waals surface area contributed by atoms with Crippen molar-refractivity contribution in [1.82, 2.24) is 0 Å². The van der Waals surface area contributed by atoms with E-state index in [2.05, 4.69) is 5.32 Å². The van der Waals surface area contributed by atoms with E-state index in [1.807, 2.05) is 30.3 Å². The van der Waals surface area contributed by atoms with Crippen LogP contribution in [0.4, 0.5) is 18.9 Å². The van der Waals surface area contributed by atoms with Crippen molar-refractivity contribution < 1.29 is 17.9 Å². The normalized spacial score (nSPS) is 11.2. The van der Waals surface area contributed by atoms with Gasteiger partial charge in [0.05, 0.1) is 5.56 Å². The molecule has 0 aromatic heterocycles. The number of para-hydroxylation sites is 1. The molecule has 20 heavy (non-hydrogen) atoms. The first-order chi connectivity index (χ1) is 9.55. The van der Waals surface area contributed by atoms with E-state index in [4.69, 9.17) is 4.74 Å². The number of ether oxygens (including phenoxy) is 1. The van der Waals surface area contributed by atoms with E-state index >= 15 is 0 Å². The molecule has 0 spiro atoms. The zero-order chi connectivity index (χ0) is 14.4. The fourth-order valence-electron chi connectivity index (χ4n) is 1.68. The average Bonchev–Trinajstić information content (AvgIpc) is 2.44. The highest BCUT2D eigenvalue weighted by Crippen LogP contribution is 2.31. The number of benzene rings is 2. The Labute approximate surface area is 115 Å². The first kappa shape index (κ1) is 14.2. The Kier molecular flexibility index (Phi) is 4.50. The summed E-state index contributed by atoms with van der Waals surface area (Å²) in [4.78, 5) is 0. The smallest absolute Gasteiger partial charge is 0.416 e. The minimum atomic E-state index is -4.35. The monoisotopic (exact) mass is 281 g/mol. The molecule has 1 N–H and O–H groups in total. The maximum absolute atomic E-state index is 12.5. The lowest BCUT2D eigenvalue weighted by atomic mass is 10.2. The summed E-state index contributed by atoms with van der Waals surface area (Å²) in [6, 6.07) is 14.4. The van der Waals surface area contributed by atoms with E-state index in [1.165, 1.54) is 12.1 Å². The standard InChI is InChI=1S/C15H14F3NO/c16-15(17,18)12-5-4-8-14(11-12)20-10-9-19-13-6-2-1-3-7-13/h1-8,11,19H,9-10H2. The molecule has 0 heterocycles. The summed E-state index contributed by atoms with van der Waals surface area (Å²) in [5.41, 5.74) is 0.242. The van der Waals surface area contributed by atoms with Gasteiger partial charge in [0.25, 0.3) is 0 Å². The molecule has 0 amide bonds. The van der Waals surface area contributed by atoms with Gasteiger partial charge in [-0.1, -0.05) is 24.3 Å². The van der Waals surface area contributed by atoms with Gasteiger partial charge in [0, 0.05) is 12.2 Å². The largest absolute Gasteiger partial charge is 0.492 e. The maximum Gasteiger partial charge on any atom is 0.416 e. The van der Waals surface area contributed by atoms with Crippen LogP contribution in [0.15, 0.2) is 54.6 Å². The fraction of sp³-hybridized carbons (Fsp3) is 0.200. The van der Waals surface area contributed by atoms with Crippen molar-refractivity contribution >= 4 is 5.69 Å². The van der Waals surface area contributed by atoms with Gasteiger partial charge in [-0.3, -0.25) is 0 Å². The molecule has 2 aromatic rings. The molecule has 0 atom stereocenters. The van der Waals surface area contributed by atoms with Crippen molar-refractivity contribution in [2.45, 2.75) is 6.18 Å². The summed E-state index contributed by atoms with van der Waals surface area (Å²) in [6.45, 7) is 0.802. The molecular formula is C15H14F3NO. The Morgan fingerprint density at radius 1 is 0.950 bits per heavy atom. The van der Waals surface area contributed by atoms with E-state index in [0.29, 0.717) is 6.54 Å². The quantitative estimate of drug-likeness (QED) is 0.829. The lowest BCUT2D eigenvalue weighted by molar-refractivity contribution is -0.137. The van der Waals surface area contributed by atoms with E-state index in [1.54, 1.807) is 0 Å². The molecule has 2 aromatic carbocycles. The number of nitrogens with one attached hydrogen (secondary N) is 1. The number of anilines is 1. The van der Waals surface area contributed by atoms with Crippen LogP contribution < -0.4 is 10.1 Å². The van der Waals surface area contributed by atoms with Crippen LogP contribution in [-0.4, -0.2) is 13.2 Å². The molecular weight excluding hydrogens is 267 g/mol. The molecule has 2 nitrogen and oxygen atoms in total. The van der Waals surface area contributed by atoms with Gasteiger partial charge in [0.15, 0.2) is 0 Å². The van der Waals surface area contributed by atoms with Crippen molar-refractivity contribution in [2.75, 3.05) is 18.5 Å². The van der Waals surface area contributed by atoms with Gasteiger partial charge >= 0.3 is 6.18 Å². The third kappa shape index (κ3) is 4.19. The number of hydrogen-bond donors (Lipinski definition) is 1. The number of rotatable bonds is 5. The first-order valence-electron chi connectivity index (χ1n) is 6.15. The Hall–Kier alpha value is -2.17. The summed E-state index contributed by atoms with van der Waals surface area (Å²) in [6.07, 6.45) is -4.35. The number of alkyl halides is 3. The maximum atomic E-state index is 12.5. The Morgan fingerprint density at radius 3 is 2.40 bits per heavy atom. The van der Waals surface area contributed by atoms with Crippen LogP contribution in [0.2, 0.25) is 0 Å². The minimum absolute atomic E-state index is 0.217. The third-order valence-electron chi connectivity index (χ3n) is 2.64. The lowest BCUT2D eigenvalue weighted by Crippen LogP contribution is -2.12. The molecule has 0 aliphatic heterocycles. The molecule has 0 fully saturated rings. The number of hydrogen-bond acceptors (Lipinski definition) is 2. The Balaban J connectivity index is 1.83. The second-order valence-electron chi connectivity index (χ2n) is 4.17. The molecule has 0 aliphatic carbocycles. The fourth-order valence-corrected chi connectivity index (χ4v) is 1.68. The molecule has 0 saturated heterocycles. The SMILES string of the molecule is FC(F)(F)c1cccc(OCCNc2ccccc2)c1. The zero-order valence-electron chi connectivity index (χ0n) is 10.7. The van der Waals surface area contributed by atoms with Crippen molar-refractivity contribution in [3.8, 4) is 5.75 Å². The van der Waals surface area contributed by atoms with Crippen LogP contribution in [0, 0.1) is 0 Å². The molecule has 2 rings (SSSR count). The van der Waals surface area contributed by atoms with E-state index in [-0.39, 0.29) is 12.4 Å². The van der Waals surface area contributed by atoms with Gasteiger partial charge in [-0.15, -0.1) is 0 Å². The van der Waals surface area contributed by atoms with Crippen LogP contribution in [0.5, 0.6) is 5.75 Å². The van der Waals surface area contributed by atoms with Gasteiger partial charge in [-0.25, -0.2) is 0 Å². The molecule has 0 unspecified atom stereocenters. The molecule has 0 radical (unpaired) electrons. The van der Waals surface area contributed by atoms with Gasteiger partial charge in [0.1, 0.15) is 12.4 Å². The summed E-state index contributed by atoms with van der Waals surface area (Å²) in [5.74, 6) is 0.217. The summed E-state index contributed by atoms with van der Waals surface area (Å²) in [7, 11) is 0. The van der Waals surface area contributed by atoms with Crippen molar-refractivity contribution in [3.63, 3.8) is 0 Å². The minimum Gasteiger partial charge on any atom is -0.492 e. The molecule has 0 aliphatic rings. The number of halogens is 3. The van der Waals surface area contributed by atoms with Crippen molar-refractivity contribution in [2.24, 2.45) is 0 Å². The van der Waals surface area contributed by atoms with Gasteiger partial charge in [0.2, 0.25) is 0 Å². The second kappa shape index (κ2) is 6.32. The topological polar surface area (TPSA) is 21.3 Å². The third-order valence-corrected chi connectivity index (χ3v) is 2.64. The average molecular weight is 281 g/mol. The summed E-state index contributed by atoms with van der Waals surface area (Å²) < 4.78 is 42.8.